The van der Waals surface area contributed by atoms with Gasteiger partial charge in [0.15, 0.2) is 0 Å². The van der Waals surface area contributed by atoms with Gasteiger partial charge in [-0.1, -0.05) is 0 Å². The molecule has 21 heavy (non-hydrogen) atoms. The molecule has 0 radical (unpaired) electrons. The monoisotopic (exact) mass is 310 g/mol. The maximum absolute atomic E-state index is 6.23. The fraction of sp³-hybridized carbons (Fsp3) is 0.750. The molecule has 3 rings (SSSR count). The third-order valence-corrected chi connectivity index (χ3v) is 5.06. The van der Waals surface area contributed by atoms with Crippen LogP contribution in [0.2, 0.25) is 0 Å². The molecule has 1 aromatic rings. The summed E-state index contributed by atoms with van der Waals surface area (Å²) >= 11 is 1.77. The van der Waals surface area contributed by atoms with Crippen molar-refractivity contribution in [2.75, 3.05) is 53.6 Å². The Morgan fingerprint density at radius 1 is 1.48 bits per heavy atom. The van der Waals surface area contributed by atoms with Crippen molar-refractivity contribution in [3.8, 4) is 0 Å². The SMILES string of the molecule is CN(C)C[C@H]1CO[C@@]2(COCCN(Cc3ccsc3)C2)C1. The fourth-order valence-electron chi connectivity index (χ4n) is 3.54. The van der Waals surface area contributed by atoms with Crippen LogP contribution in [0.15, 0.2) is 16.8 Å². The minimum absolute atomic E-state index is 0.0901. The molecule has 0 bridgehead atoms. The maximum Gasteiger partial charge on any atom is 0.104 e. The second kappa shape index (κ2) is 6.75. The number of ether oxygens (including phenoxy) is 2. The van der Waals surface area contributed by atoms with Gasteiger partial charge in [0.1, 0.15) is 5.60 Å². The van der Waals surface area contributed by atoms with Crippen LogP contribution in [-0.2, 0) is 16.0 Å². The summed E-state index contributed by atoms with van der Waals surface area (Å²) in [7, 11) is 4.27. The molecular weight excluding hydrogens is 284 g/mol. The van der Waals surface area contributed by atoms with Gasteiger partial charge in [0.2, 0.25) is 0 Å². The minimum Gasteiger partial charge on any atom is -0.377 e. The molecule has 1 aromatic heterocycles. The van der Waals surface area contributed by atoms with Crippen LogP contribution in [0.5, 0.6) is 0 Å². The zero-order valence-corrected chi connectivity index (χ0v) is 13.9. The summed E-state index contributed by atoms with van der Waals surface area (Å²) in [5.41, 5.74) is 1.31. The third-order valence-electron chi connectivity index (χ3n) is 4.32. The Morgan fingerprint density at radius 3 is 3.14 bits per heavy atom. The predicted molar refractivity (Wildman–Crippen MR) is 85.8 cm³/mol. The van der Waals surface area contributed by atoms with Gasteiger partial charge in [-0.3, -0.25) is 4.90 Å². The van der Waals surface area contributed by atoms with Crippen LogP contribution in [0.25, 0.3) is 0 Å². The molecule has 4 nitrogen and oxygen atoms in total. The molecule has 2 aliphatic rings. The quantitative estimate of drug-likeness (QED) is 0.848. The molecule has 0 N–H and O–H groups in total. The van der Waals surface area contributed by atoms with Crippen molar-refractivity contribution in [1.29, 1.82) is 0 Å². The van der Waals surface area contributed by atoms with Crippen LogP contribution < -0.4 is 0 Å². The summed E-state index contributed by atoms with van der Waals surface area (Å²) < 4.78 is 12.1. The zero-order valence-electron chi connectivity index (χ0n) is 13.1. The number of hydrogen-bond acceptors (Lipinski definition) is 5. The average Bonchev–Trinajstić information content (AvgIpc) is 3.00. The van der Waals surface area contributed by atoms with Crippen LogP contribution in [0.1, 0.15) is 12.0 Å². The summed E-state index contributed by atoms with van der Waals surface area (Å²) in [5.74, 6) is 0.629. The molecule has 5 heteroatoms. The van der Waals surface area contributed by atoms with Gasteiger partial charge < -0.3 is 14.4 Å². The van der Waals surface area contributed by atoms with Gasteiger partial charge in [-0.25, -0.2) is 0 Å². The smallest absolute Gasteiger partial charge is 0.104 e. The number of hydrogen-bond donors (Lipinski definition) is 0. The molecule has 0 aromatic carbocycles. The van der Waals surface area contributed by atoms with E-state index in [1.165, 1.54) is 5.56 Å². The Morgan fingerprint density at radius 2 is 2.38 bits per heavy atom. The molecule has 2 fully saturated rings. The van der Waals surface area contributed by atoms with Gasteiger partial charge in [-0.15, -0.1) is 0 Å². The molecule has 3 heterocycles. The van der Waals surface area contributed by atoms with Crippen molar-refractivity contribution >= 4 is 11.3 Å². The lowest BCUT2D eigenvalue weighted by molar-refractivity contribution is -0.0563. The van der Waals surface area contributed by atoms with E-state index in [9.17, 15) is 0 Å². The highest BCUT2D eigenvalue weighted by Gasteiger charge is 2.43. The minimum atomic E-state index is -0.0901. The molecule has 0 aliphatic carbocycles. The number of thiophene rings is 1. The van der Waals surface area contributed by atoms with Crippen molar-refractivity contribution < 1.29 is 9.47 Å². The summed E-state index contributed by atoms with van der Waals surface area (Å²) in [6.45, 7) is 6.53. The van der Waals surface area contributed by atoms with E-state index in [-0.39, 0.29) is 5.60 Å². The van der Waals surface area contributed by atoms with Crippen LogP contribution in [0.3, 0.4) is 0 Å². The standard InChI is InChI=1S/C16H26N2O2S/c1-17(2)8-15-7-16(20-10-15)12-18(4-5-19-13-16)9-14-3-6-21-11-14/h3,6,11,15H,4-5,7-10,12-13H2,1-2H3/t15-,16-/m0/s1. The molecule has 1 spiro atoms. The summed E-state index contributed by atoms with van der Waals surface area (Å²) in [6.07, 6.45) is 1.12. The van der Waals surface area contributed by atoms with E-state index in [0.717, 1.165) is 52.4 Å². The Hall–Kier alpha value is -0.460. The van der Waals surface area contributed by atoms with Crippen LogP contribution >= 0.6 is 11.3 Å². The van der Waals surface area contributed by atoms with Crippen LogP contribution in [-0.4, -0.2) is 69.0 Å². The van der Waals surface area contributed by atoms with Gasteiger partial charge in [0, 0.05) is 26.2 Å². The van der Waals surface area contributed by atoms with E-state index in [0.29, 0.717) is 5.92 Å². The van der Waals surface area contributed by atoms with E-state index in [1.807, 2.05) is 0 Å². The van der Waals surface area contributed by atoms with Crippen molar-refractivity contribution in [3.63, 3.8) is 0 Å². The van der Waals surface area contributed by atoms with Crippen molar-refractivity contribution in [2.45, 2.75) is 18.6 Å². The Labute approximate surface area is 131 Å². The predicted octanol–water partition coefficient (Wildman–Crippen LogP) is 1.92. The largest absolute Gasteiger partial charge is 0.377 e. The highest BCUT2D eigenvalue weighted by molar-refractivity contribution is 7.07. The molecule has 0 amide bonds. The first-order chi connectivity index (χ1) is 10.2. The first-order valence-electron chi connectivity index (χ1n) is 7.75. The van der Waals surface area contributed by atoms with Gasteiger partial charge in [0.25, 0.3) is 0 Å². The molecule has 0 unspecified atom stereocenters. The molecular formula is C16H26N2O2S. The second-order valence-electron chi connectivity index (χ2n) is 6.72. The fourth-order valence-corrected chi connectivity index (χ4v) is 4.20. The average molecular weight is 310 g/mol. The Balaban J connectivity index is 1.62. The van der Waals surface area contributed by atoms with Gasteiger partial charge in [0.05, 0.1) is 19.8 Å². The summed E-state index contributed by atoms with van der Waals surface area (Å²) in [4.78, 5) is 4.75. The van der Waals surface area contributed by atoms with E-state index < -0.39 is 0 Å². The van der Waals surface area contributed by atoms with Gasteiger partial charge in [-0.2, -0.15) is 11.3 Å². The molecule has 2 atom stereocenters. The number of rotatable bonds is 4. The number of nitrogens with zero attached hydrogens (tertiary/aromatic N) is 2. The van der Waals surface area contributed by atoms with E-state index >= 15 is 0 Å². The molecule has 2 saturated heterocycles. The molecule has 2 aliphatic heterocycles. The van der Waals surface area contributed by atoms with E-state index in [2.05, 4.69) is 40.7 Å². The Kier molecular flexibility index (Phi) is 4.96. The van der Waals surface area contributed by atoms with Crippen molar-refractivity contribution in [3.05, 3.63) is 22.4 Å². The lowest BCUT2D eigenvalue weighted by atomic mass is 9.94. The highest BCUT2D eigenvalue weighted by atomic mass is 32.1. The summed E-state index contributed by atoms with van der Waals surface area (Å²) in [6, 6.07) is 2.22. The lowest BCUT2D eigenvalue weighted by Gasteiger charge is -2.31. The zero-order chi connectivity index (χ0) is 14.7. The first-order valence-corrected chi connectivity index (χ1v) is 8.69. The Bertz CT molecular complexity index is 437. The van der Waals surface area contributed by atoms with E-state index in [1.54, 1.807) is 11.3 Å². The molecule has 0 saturated carbocycles. The van der Waals surface area contributed by atoms with Crippen LogP contribution in [0.4, 0.5) is 0 Å². The third kappa shape index (κ3) is 4.05. The van der Waals surface area contributed by atoms with Crippen molar-refractivity contribution in [2.24, 2.45) is 5.92 Å². The highest BCUT2D eigenvalue weighted by Crippen LogP contribution is 2.33. The first kappa shape index (κ1) is 15.4. The maximum atomic E-state index is 6.23. The second-order valence-corrected chi connectivity index (χ2v) is 7.50. The van der Waals surface area contributed by atoms with Gasteiger partial charge in [-0.05, 0) is 48.8 Å². The topological polar surface area (TPSA) is 24.9 Å². The van der Waals surface area contributed by atoms with Gasteiger partial charge >= 0.3 is 0 Å². The van der Waals surface area contributed by atoms with Crippen LogP contribution in [0, 0.1) is 5.92 Å². The lowest BCUT2D eigenvalue weighted by Crippen LogP contribution is -2.44. The van der Waals surface area contributed by atoms with E-state index in [4.69, 9.17) is 9.47 Å². The van der Waals surface area contributed by atoms with Crippen molar-refractivity contribution in [1.82, 2.24) is 9.80 Å². The molecule has 118 valence electrons. The normalized spacial score (nSPS) is 31.1. The summed E-state index contributed by atoms with van der Waals surface area (Å²) in [5, 5.41) is 4.39.